The van der Waals surface area contributed by atoms with Crippen molar-refractivity contribution in [1.29, 1.82) is 0 Å². The van der Waals surface area contributed by atoms with Crippen LogP contribution in [0.3, 0.4) is 0 Å². The van der Waals surface area contributed by atoms with Crippen LogP contribution in [-0.2, 0) is 16.1 Å². The summed E-state index contributed by atoms with van der Waals surface area (Å²) >= 11 is 0. The van der Waals surface area contributed by atoms with E-state index in [-0.39, 0.29) is 30.8 Å². The zero-order valence-corrected chi connectivity index (χ0v) is 19.0. The number of carbonyl (C=O) groups is 4. The van der Waals surface area contributed by atoms with Gasteiger partial charge in [0, 0.05) is 56.1 Å². The highest BCUT2D eigenvalue weighted by Gasteiger charge is 2.39. The third-order valence-electron chi connectivity index (χ3n) is 6.71. The first-order chi connectivity index (χ1) is 16.4. The van der Waals surface area contributed by atoms with Crippen LogP contribution in [-0.4, -0.2) is 65.8 Å². The molecule has 3 aliphatic heterocycles. The molecule has 0 radical (unpaired) electrons. The van der Waals surface area contributed by atoms with Crippen molar-refractivity contribution >= 4 is 35.1 Å². The Bertz CT molecular complexity index is 1170. The summed E-state index contributed by atoms with van der Waals surface area (Å²) in [5, 5.41) is 5.25. The van der Waals surface area contributed by atoms with Crippen molar-refractivity contribution in [3.63, 3.8) is 0 Å². The maximum atomic E-state index is 12.8. The van der Waals surface area contributed by atoms with Gasteiger partial charge in [0.05, 0.1) is 0 Å². The van der Waals surface area contributed by atoms with Crippen LogP contribution in [0, 0.1) is 6.92 Å². The second-order valence-corrected chi connectivity index (χ2v) is 9.02. The number of nitrogens with one attached hydrogen (secondary N) is 2. The summed E-state index contributed by atoms with van der Waals surface area (Å²) < 4.78 is 0. The van der Waals surface area contributed by atoms with E-state index in [1.165, 1.54) is 16.2 Å². The number of carbonyl (C=O) groups excluding carboxylic acids is 4. The van der Waals surface area contributed by atoms with E-state index in [4.69, 9.17) is 0 Å². The van der Waals surface area contributed by atoms with Crippen molar-refractivity contribution in [2.75, 3.05) is 36.4 Å². The highest BCUT2D eigenvalue weighted by molar-refractivity contribution is 6.05. The molecule has 2 fully saturated rings. The maximum absolute atomic E-state index is 12.8. The molecule has 34 heavy (non-hydrogen) atoms. The van der Waals surface area contributed by atoms with Crippen LogP contribution in [0.2, 0.25) is 0 Å². The fraction of sp³-hybridized carbons (Fsp3) is 0.360. The minimum Gasteiger partial charge on any atom is -0.368 e. The summed E-state index contributed by atoms with van der Waals surface area (Å²) in [6, 6.07) is 12.7. The van der Waals surface area contributed by atoms with Gasteiger partial charge in [-0.3, -0.25) is 19.7 Å². The zero-order valence-electron chi connectivity index (χ0n) is 19.0. The van der Waals surface area contributed by atoms with E-state index in [0.717, 1.165) is 18.7 Å². The third kappa shape index (κ3) is 4.21. The number of rotatable bonds is 3. The van der Waals surface area contributed by atoms with Gasteiger partial charge in [-0.25, -0.2) is 4.79 Å². The van der Waals surface area contributed by atoms with E-state index in [1.807, 2.05) is 6.07 Å². The molecule has 9 nitrogen and oxygen atoms in total. The SMILES string of the molecule is Cc1cccc(N2CCN(C(=O)Nc3ccc4c(c3)CN(C3CCC(=O)NC3=O)C4=O)CC2)c1. The monoisotopic (exact) mass is 461 g/mol. The molecule has 0 spiro atoms. The number of hydrogen-bond donors (Lipinski definition) is 2. The van der Waals surface area contributed by atoms with Gasteiger partial charge in [-0.2, -0.15) is 0 Å². The van der Waals surface area contributed by atoms with Gasteiger partial charge in [-0.05, 0) is 54.8 Å². The van der Waals surface area contributed by atoms with Gasteiger partial charge in [-0.15, -0.1) is 0 Å². The predicted octanol–water partition coefficient (Wildman–Crippen LogP) is 2.11. The van der Waals surface area contributed by atoms with Crippen LogP contribution in [0.1, 0.15) is 34.3 Å². The summed E-state index contributed by atoms with van der Waals surface area (Å²) in [7, 11) is 0. The van der Waals surface area contributed by atoms with Crippen molar-refractivity contribution in [3.05, 3.63) is 59.2 Å². The number of piperidine rings is 1. The second kappa shape index (κ2) is 8.81. The van der Waals surface area contributed by atoms with E-state index >= 15 is 0 Å². The van der Waals surface area contributed by atoms with Crippen molar-refractivity contribution in [2.24, 2.45) is 0 Å². The number of nitrogens with zero attached hydrogens (tertiary/aromatic N) is 3. The third-order valence-corrected chi connectivity index (χ3v) is 6.71. The number of benzene rings is 2. The first-order valence-electron chi connectivity index (χ1n) is 11.5. The molecule has 3 aliphatic rings. The number of fused-ring (bicyclic) bond motifs is 1. The fourth-order valence-electron chi connectivity index (χ4n) is 4.85. The van der Waals surface area contributed by atoms with Crippen molar-refractivity contribution in [1.82, 2.24) is 15.1 Å². The van der Waals surface area contributed by atoms with Gasteiger partial charge < -0.3 is 20.0 Å². The minimum atomic E-state index is -0.652. The molecule has 5 amide bonds. The number of hydrogen-bond acceptors (Lipinski definition) is 5. The van der Waals surface area contributed by atoms with Crippen LogP contribution in [0.5, 0.6) is 0 Å². The average molecular weight is 462 g/mol. The minimum absolute atomic E-state index is 0.171. The molecular weight excluding hydrogens is 434 g/mol. The summed E-state index contributed by atoms with van der Waals surface area (Å²) in [4.78, 5) is 54.9. The van der Waals surface area contributed by atoms with Gasteiger partial charge in [0.2, 0.25) is 11.8 Å². The summed E-state index contributed by atoms with van der Waals surface area (Å²) in [5.41, 5.74) is 4.28. The first-order valence-corrected chi connectivity index (χ1v) is 11.5. The number of anilines is 2. The normalized spacial score (nSPS) is 20.3. The predicted molar refractivity (Wildman–Crippen MR) is 126 cm³/mol. The molecule has 0 aromatic heterocycles. The van der Waals surface area contributed by atoms with E-state index in [2.05, 4.69) is 40.7 Å². The van der Waals surface area contributed by atoms with Crippen LogP contribution in [0.25, 0.3) is 0 Å². The number of piperazine rings is 1. The van der Waals surface area contributed by atoms with Crippen molar-refractivity contribution in [2.45, 2.75) is 32.4 Å². The molecule has 0 aliphatic carbocycles. The first kappa shape index (κ1) is 21.9. The molecule has 2 aromatic carbocycles. The molecule has 176 valence electrons. The Kier molecular flexibility index (Phi) is 5.69. The van der Waals surface area contributed by atoms with E-state index in [1.54, 1.807) is 23.1 Å². The largest absolute Gasteiger partial charge is 0.368 e. The Morgan fingerprint density at radius 2 is 1.82 bits per heavy atom. The number of amides is 5. The smallest absolute Gasteiger partial charge is 0.321 e. The van der Waals surface area contributed by atoms with E-state index < -0.39 is 11.9 Å². The highest BCUT2D eigenvalue weighted by Crippen LogP contribution is 2.29. The lowest BCUT2D eigenvalue weighted by Gasteiger charge is -2.36. The lowest BCUT2D eigenvalue weighted by molar-refractivity contribution is -0.136. The Hall–Kier alpha value is -3.88. The van der Waals surface area contributed by atoms with Gasteiger partial charge in [0.1, 0.15) is 6.04 Å². The molecule has 2 N–H and O–H groups in total. The molecule has 3 heterocycles. The number of aryl methyl sites for hydroxylation is 1. The molecule has 2 aromatic rings. The average Bonchev–Trinajstić information content (AvgIpc) is 3.14. The molecule has 2 saturated heterocycles. The summed E-state index contributed by atoms with van der Waals surface area (Å²) in [5.74, 6) is -0.972. The van der Waals surface area contributed by atoms with Gasteiger partial charge in [0.15, 0.2) is 0 Å². The van der Waals surface area contributed by atoms with E-state index in [0.29, 0.717) is 30.8 Å². The van der Waals surface area contributed by atoms with Gasteiger partial charge in [0.25, 0.3) is 5.91 Å². The summed E-state index contributed by atoms with van der Waals surface area (Å²) in [6.07, 6.45) is 0.539. The van der Waals surface area contributed by atoms with Crippen molar-refractivity contribution < 1.29 is 19.2 Å². The zero-order chi connectivity index (χ0) is 23.8. The molecule has 9 heteroatoms. The maximum Gasteiger partial charge on any atom is 0.321 e. The second-order valence-electron chi connectivity index (χ2n) is 9.02. The Balaban J connectivity index is 1.20. The lowest BCUT2D eigenvalue weighted by atomic mass is 10.0. The molecular formula is C25H27N5O4. The fourth-order valence-corrected chi connectivity index (χ4v) is 4.85. The van der Waals surface area contributed by atoms with Crippen LogP contribution < -0.4 is 15.5 Å². The number of imide groups is 1. The quantitative estimate of drug-likeness (QED) is 0.682. The lowest BCUT2D eigenvalue weighted by Crippen LogP contribution is -2.52. The van der Waals surface area contributed by atoms with Crippen LogP contribution >= 0.6 is 0 Å². The summed E-state index contributed by atoms with van der Waals surface area (Å²) in [6.45, 7) is 5.10. The van der Waals surface area contributed by atoms with E-state index in [9.17, 15) is 19.2 Å². The molecule has 1 unspecified atom stereocenters. The molecule has 0 bridgehead atoms. The topological polar surface area (TPSA) is 102 Å². The molecule has 5 rings (SSSR count). The molecule has 0 saturated carbocycles. The van der Waals surface area contributed by atoms with Gasteiger partial charge in [-0.1, -0.05) is 12.1 Å². The van der Waals surface area contributed by atoms with Crippen LogP contribution in [0.4, 0.5) is 16.2 Å². The highest BCUT2D eigenvalue weighted by atomic mass is 16.2. The standard InChI is InChI=1S/C25H27N5O4/c1-16-3-2-4-19(13-16)28-9-11-29(12-10-28)25(34)26-18-5-6-20-17(14-18)15-30(24(20)33)21-7-8-22(31)27-23(21)32/h2-6,13-14,21H,7-12,15H2,1H3,(H,26,34)(H,27,31,32). The number of urea groups is 1. The van der Waals surface area contributed by atoms with Crippen LogP contribution in [0.15, 0.2) is 42.5 Å². The Morgan fingerprint density at radius 3 is 2.56 bits per heavy atom. The Morgan fingerprint density at radius 1 is 1.03 bits per heavy atom. The van der Waals surface area contributed by atoms with Gasteiger partial charge >= 0.3 is 6.03 Å². The Labute approximate surface area is 197 Å². The molecule has 1 atom stereocenters. The van der Waals surface area contributed by atoms with Crippen molar-refractivity contribution in [3.8, 4) is 0 Å².